The number of nitrogens with two attached hydrogens (primary N) is 1. The molecule has 5 nitrogen and oxygen atoms in total. The second kappa shape index (κ2) is 7.35. The lowest BCUT2D eigenvalue weighted by molar-refractivity contribution is 0.190. The van der Waals surface area contributed by atoms with E-state index in [-0.39, 0.29) is 0 Å². The number of benzene rings is 1. The molecular weight excluding hydrogens is 286 g/mol. The molecule has 6 heteroatoms. The molecule has 0 radical (unpaired) electrons. The van der Waals surface area contributed by atoms with Gasteiger partial charge in [0.1, 0.15) is 0 Å². The fourth-order valence-electron chi connectivity index (χ4n) is 2.65. The summed E-state index contributed by atoms with van der Waals surface area (Å²) >= 11 is 0. The molecule has 1 aromatic rings. The Morgan fingerprint density at radius 3 is 2.67 bits per heavy atom. The summed E-state index contributed by atoms with van der Waals surface area (Å²) in [5, 5.41) is 0. The Labute approximate surface area is 127 Å². The van der Waals surface area contributed by atoms with Gasteiger partial charge in [0.15, 0.2) is 0 Å². The molecule has 1 heterocycles. The summed E-state index contributed by atoms with van der Waals surface area (Å²) in [6.07, 6.45) is 2.22. The third kappa shape index (κ3) is 4.78. The summed E-state index contributed by atoms with van der Waals surface area (Å²) in [6.45, 7) is 5.86. The normalized spacial score (nSPS) is 18.0. The van der Waals surface area contributed by atoms with Crippen molar-refractivity contribution >= 4 is 10.0 Å². The van der Waals surface area contributed by atoms with Crippen molar-refractivity contribution < 1.29 is 8.42 Å². The Morgan fingerprint density at radius 1 is 1.33 bits per heavy atom. The van der Waals surface area contributed by atoms with Crippen LogP contribution < -0.4 is 10.5 Å². The van der Waals surface area contributed by atoms with E-state index in [2.05, 4.69) is 9.62 Å². The van der Waals surface area contributed by atoms with Crippen LogP contribution in [0.25, 0.3) is 0 Å². The van der Waals surface area contributed by atoms with Gasteiger partial charge >= 0.3 is 0 Å². The van der Waals surface area contributed by atoms with Gasteiger partial charge in [-0.3, -0.25) is 0 Å². The molecule has 1 fully saturated rings. The van der Waals surface area contributed by atoms with Crippen LogP contribution in [0.3, 0.4) is 0 Å². The second-order valence-electron chi connectivity index (χ2n) is 5.73. The molecule has 2 rings (SSSR count). The van der Waals surface area contributed by atoms with Crippen molar-refractivity contribution in [3.63, 3.8) is 0 Å². The van der Waals surface area contributed by atoms with Gasteiger partial charge in [0.2, 0.25) is 10.0 Å². The van der Waals surface area contributed by atoms with Crippen molar-refractivity contribution in [2.45, 2.75) is 24.7 Å². The van der Waals surface area contributed by atoms with Crippen LogP contribution in [0.1, 0.15) is 18.4 Å². The predicted molar refractivity (Wildman–Crippen MR) is 84.6 cm³/mol. The number of hydrogen-bond donors (Lipinski definition) is 2. The van der Waals surface area contributed by atoms with Crippen LogP contribution in [-0.2, 0) is 10.0 Å². The van der Waals surface area contributed by atoms with E-state index < -0.39 is 10.0 Å². The minimum Gasteiger partial charge on any atom is -0.330 e. The molecule has 0 bridgehead atoms. The zero-order chi connectivity index (χ0) is 15.3. The molecule has 0 saturated carbocycles. The molecule has 0 aromatic heterocycles. The molecule has 0 atom stereocenters. The SMILES string of the molecule is Cc1cccc(S(=O)(=O)NCCN2CCC(CN)CC2)c1. The highest BCUT2D eigenvalue weighted by molar-refractivity contribution is 7.89. The highest BCUT2D eigenvalue weighted by atomic mass is 32.2. The maximum atomic E-state index is 12.2. The van der Waals surface area contributed by atoms with Gasteiger partial charge in [-0.1, -0.05) is 12.1 Å². The fourth-order valence-corrected chi connectivity index (χ4v) is 3.78. The van der Waals surface area contributed by atoms with E-state index in [1.165, 1.54) is 0 Å². The average molecular weight is 311 g/mol. The standard InChI is InChI=1S/C15H25N3O2S/c1-13-3-2-4-15(11-13)21(19,20)17-7-10-18-8-5-14(12-16)6-9-18/h2-4,11,14,17H,5-10,12,16H2,1H3. The summed E-state index contributed by atoms with van der Waals surface area (Å²) in [4.78, 5) is 2.63. The van der Waals surface area contributed by atoms with Gasteiger partial charge in [0.05, 0.1) is 4.90 Å². The molecule has 1 aromatic carbocycles. The van der Waals surface area contributed by atoms with Crippen LogP contribution >= 0.6 is 0 Å². The Hall–Kier alpha value is -0.950. The summed E-state index contributed by atoms with van der Waals surface area (Å²) in [5.74, 6) is 0.630. The first-order valence-corrected chi connectivity index (χ1v) is 8.98. The maximum absolute atomic E-state index is 12.2. The van der Waals surface area contributed by atoms with Crippen molar-refractivity contribution in [1.82, 2.24) is 9.62 Å². The first kappa shape index (κ1) is 16.4. The van der Waals surface area contributed by atoms with Crippen LogP contribution in [0, 0.1) is 12.8 Å². The molecule has 3 N–H and O–H groups in total. The largest absolute Gasteiger partial charge is 0.330 e. The quantitative estimate of drug-likeness (QED) is 0.820. The van der Waals surface area contributed by atoms with Crippen molar-refractivity contribution in [2.24, 2.45) is 11.7 Å². The van der Waals surface area contributed by atoms with Crippen molar-refractivity contribution in [3.8, 4) is 0 Å². The Morgan fingerprint density at radius 2 is 2.05 bits per heavy atom. The molecule has 1 saturated heterocycles. The van der Waals surface area contributed by atoms with E-state index in [1.54, 1.807) is 18.2 Å². The van der Waals surface area contributed by atoms with E-state index in [1.807, 2.05) is 13.0 Å². The number of nitrogens with one attached hydrogen (secondary N) is 1. The lowest BCUT2D eigenvalue weighted by Gasteiger charge is -2.31. The van der Waals surface area contributed by atoms with Gasteiger partial charge in [-0.25, -0.2) is 13.1 Å². The van der Waals surface area contributed by atoms with Crippen molar-refractivity contribution in [3.05, 3.63) is 29.8 Å². The molecule has 0 amide bonds. The summed E-state index contributed by atoms with van der Waals surface area (Å²) in [6, 6.07) is 6.97. The minimum absolute atomic E-state index is 0.337. The van der Waals surface area contributed by atoms with Crippen molar-refractivity contribution in [2.75, 3.05) is 32.7 Å². The highest BCUT2D eigenvalue weighted by Crippen LogP contribution is 2.15. The lowest BCUT2D eigenvalue weighted by atomic mass is 9.97. The van der Waals surface area contributed by atoms with E-state index in [9.17, 15) is 8.42 Å². The maximum Gasteiger partial charge on any atom is 0.240 e. The zero-order valence-electron chi connectivity index (χ0n) is 12.6. The molecule has 0 unspecified atom stereocenters. The molecule has 0 spiro atoms. The summed E-state index contributed by atoms with van der Waals surface area (Å²) in [5.41, 5.74) is 6.62. The average Bonchev–Trinajstić information content (AvgIpc) is 2.48. The van der Waals surface area contributed by atoms with Gasteiger partial charge in [-0.05, 0) is 63.0 Å². The third-order valence-corrected chi connectivity index (χ3v) is 5.52. The van der Waals surface area contributed by atoms with Gasteiger partial charge in [0.25, 0.3) is 0 Å². The van der Waals surface area contributed by atoms with Gasteiger partial charge in [-0.15, -0.1) is 0 Å². The number of likely N-dealkylation sites (tertiary alicyclic amines) is 1. The van der Waals surface area contributed by atoms with Crippen LogP contribution in [0.2, 0.25) is 0 Å². The summed E-state index contributed by atoms with van der Waals surface area (Å²) < 4.78 is 27.0. The van der Waals surface area contributed by atoms with E-state index >= 15 is 0 Å². The van der Waals surface area contributed by atoms with E-state index in [4.69, 9.17) is 5.73 Å². The minimum atomic E-state index is -3.40. The second-order valence-corrected chi connectivity index (χ2v) is 7.50. The number of piperidine rings is 1. The van der Waals surface area contributed by atoms with Crippen LogP contribution in [-0.4, -0.2) is 46.0 Å². The third-order valence-electron chi connectivity index (χ3n) is 4.06. The number of aryl methyl sites for hydroxylation is 1. The summed E-state index contributed by atoms with van der Waals surface area (Å²) in [7, 11) is -3.40. The Kier molecular flexibility index (Phi) is 5.75. The van der Waals surface area contributed by atoms with Gasteiger partial charge in [-0.2, -0.15) is 0 Å². The van der Waals surface area contributed by atoms with Crippen LogP contribution in [0.15, 0.2) is 29.2 Å². The van der Waals surface area contributed by atoms with Crippen LogP contribution in [0.4, 0.5) is 0 Å². The monoisotopic (exact) mass is 311 g/mol. The Bertz CT molecular complexity index is 552. The molecular formula is C15H25N3O2S. The van der Waals surface area contributed by atoms with Gasteiger partial charge < -0.3 is 10.6 Å². The van der Waals surface area contributed by atoms with Crippen molar-refractivity contribution in [1.29, 1.82) is 0 Å². The number of rotatable bonds is 6. The number of sulfonamides is 1. The predicted octanol–water partition coefficient (Wildman–Crippen LogP) is 0.944. The molecule has 21 heavy (non-hydrogen) atoms. The molecule has 1 aliphatic heterocycles. The Balaban J connectivity index is 1.80. The zero-order valence-corrected chi connectivity index (χ0v) is 13.4. The smallest absolute Gasteiger partial charge is 0.240 e. The van der Waals surface area contributed by atoms with Crippen LogP contribution in [0.5, 0.6) is 0 Å². The number of hydrogen-bond acceptors (Lipinski definition) is 4. The van der Waals surface area contributed by atoms with E-state index in [0.29, 0.717) is 17.4 Å². The number of nitrogens with zero attached hydrogens (tertiary/aromatic N) is 1. The molecule has 1 aliphatic rings. The first-order valence-electron chi connectivity index (χ1n) is 7.50. The lowest BCUT2D eigenvalue weighted by Crippen LogP contribution is -2.40. The van der Waals surface area contributed by atoms with E-state index in [0.717, 1.165) is 44.6 Å². The molecule has 118 valence electrons. The molecule has 0 aliphatic carbocycles. The first-order chi connectivity index (χ1) is 10.0. The highest BCUT2D eigenvalue weighted by Gasteiger charge is 2.19. The fraction of sp³-hybridized carbons (Fsp3) is 0.600. The van der Waals surface area contributed by atoms with Gasteiger partial charge in [0, 0.05) is 13.1 Å². The topological polar surface area (TPSA) is 75.4 Å².